The molecule has 102 valence electrons. The normalized spacial score (nSPS) is 29.9. The predicted molar refractivity (Wildman–Crippen MR) is 88.8 cm³/mol. The second kappa shape index (κ2) is 4.85. The first-order valence-electron chi connectivity index (χ1n) is 7.51. The molecule has 20 heavy (non-hydrogen) atoms. The van der Waals surface area contributed by atoms with E-state index in [1.807, 2.05) is 0 Å². The third kappa shape index (κ3) is 1.58. The summed E-state index contributed by atoms with van der Waals surface area (Å²) in [7, 11) is 0.607. The maximum atomic E-state index is 2.39. The van der Waals surface area contributed by atoms with E-state index in [0.717, 1.165) is 10.5 Å². The van der Waals surface area contributed by atoms with E-state index < -0.39 is 0 Å². The van der Waals surface area contributed by atoms with Crippen LogP contribution in [0.1, 0.15) is 26.7 Å². The smallest absolute Gasteiger partial charge is 0.0604 e. The van der Waals surface area contributed by atoms with Crippen molar-refractivity contribution in [2.24, 2.45) is 0 Å². The SMILES string of the molecule is CC[C@@H]1[C@H](CC)[S+]2c3ccccc3[S+]1c1ccccc12. The van der Waals surface area contributed by atoms with Crippen LogP contribution in [0.3, 0.4) is 0 Å². The minimum Gasteiger partial charge on any atom is -0.0604 e. The molecule has 0 N–H and O–H groups in total. The van der Waals surface area contributed by atoms with Gasteiger partial charge in [-0.25, -0.2) is 0 Å². The zero-order valence-electron chi connectivity index (χ0n) is 12.0. The summed E-state index contributed by atoms with van der Waals surface area (Å²) < 4.78 is 0. The lowest BCUT2D eigenvalue weighted by Crippen LogP contribution is -2.48. The molecule has 0 amide bonds. The predicted octanol–water partition coefficient (Wildman–Crippen LogP) is 4.64. The van der Waals surface area contributed by atoms with E-state index in [1.165, 1.54) is 12.8 Å². The first-order chi connectivity index (χ1) is 9.86. The van der Waals surface area contributed by atoms with Crippen LogP contribution < -0.4 is 0 Å². The van der Waals surface area contributed by atoms with Crippen molar-refractivity contribution >= 4 is 21.8 Å². The highest BCUT2D eigenvalue weighted by Gasteiger charge is 2.63. The molecule has 0 radical (unpaired) electrons. The fraction of sp³-hybridized carbons (Fsp3) is 0.333. The summed E-state index contributed by atoms with van der Waals surface area (Å²) in [6.07, 6.45) is 2.63. The highest BCUT2D eigenvalue weighted by molar-refractivity contribution is 8.06. The van der Waals surface area contributed by atoms with Crippen LogP contribution in [0, 0.1) is 0 Å². The van der Waals surface area contributed by atoms with Crippen LogP contribution in [0.5, 0.6) is 0 Å². The van der Waals surface area contributed by atoms with E-state index in [-0.39, 0.29) is 0 Å². The van der Waals surface area contributed by atoms with E-state index in [9.17, 15) is 0 Å². The molecule has 2 bridgehead atoms. The lowest BCUT2D eigenvalue weighted by Gasteiger charge is -2.35. The number of rotatable bonds is 2. The molecule has 2 heteroatoms. The van der Waals surface area contributed by atoms with Gasteiger partial charge in [0.05, 0.1) is 21.8 Å². The standard InChI is InChI=1S/C18H20S2/c1-3-13-14(4-2)20-17-11-7-5-9-15(17)19(13)16-10-6-8-12-18(16)20/h5-14H,3-4H2,1-2H3/q+2/t13-,14+,19?,20?. The monoisotopic (exact) mass is 300 g/mol. The van der Waals surface area contributed by atoms with Gasteiger partial charge in [0.1, 0.15) is 0 Å². The summed E-state index contributed by atoms with van der Waals surface area (Å²) >= 11 is 0. The second-order valence-corrected chi connectivity index (χ2v) is 9.78. The van der Waals surface area contributed by atoms with Gasteiger partial charge < -0.3 is 0 Å². The zero-order valence-corrected chi connectivity index (χ0v) is 13.6. The quantitative estimate of drug-likeness (QED) is 0.709. The first-order valence-corrected chi connectivity index (χ1v) is 10.1. The van der Waals surface area contributed by atoms with Gasteiger partial charge in [0, 0.05) is 0 Å². The number of benzene rings is 2. The lowest BCUT2D eigenvalue weighted by molar-refractivity contribution is 0.701. The maximum absolute atomic E-state index is 2.39. The molecule has 3 aliphatic heterocycles. The van der Waals surface area contributed by atoms with Crippen LogP contribution in [-0.2, 0) is 21.8 Å². The molecule has 3 aliphatic rings. The van der Waals surface area contributed by atoms with Crippen molar-refractivity contribution in [2.45, 2.75) is 56.8 Å². The van der Waals surface area contributed by atoms with Crippen molar-refractivity contribution in [3.63, 3.8) is 0 Å². The van der Waals surface area contributed by atoms with E-state index in [4.69, 9.17) is 0 Å². The Bertz CT molecular complexity index is 546. The van der Waals surface area contributed by atoms with Gasteiger partial charge in [-0.05, 0) is 37.1 Å². The molecular formula is C18H20S2+2. The zero-order chi connectivity index (χ0) is 13.7. The topological polar surface area (TPSA) is 0 Å². The van der Waals surface area contributed by atoms with Gasteiger partial charge in [0.25, 0.3) is 0 Å². The molecule has 0 saturated carbocycles. The Labute approximate surface area is 127 Å². The molecule has 0 aromatic heterocycles. The number of hydrogen-bond acceptors (Lipinski definition) is 0. The Morgan fingerprint density at radius 1 is 0.650 bits per heavy atom. The maximum Gasteiger partial charge on any atom is 0.216 e. The molecule has 2 aromatic carbocycles. The summed E-state index contributed by atoms with van der Waals surface area (Å²) in [4.78, 5) is 6.58. The number of hydrogen-bond donors (Lipinski definition) is 0. The van der Waals surface area contributed by atoms with Crippen LogP contribution in [-0.4, -0.2) is 10.5 Å². The van der Waals surface area contributed by atoms with Crippen molar-refractivity contribution in [3.05, 3.63) is 48.5 Å². The molecule has 5 rings (SSSR count). The minimum absolute atomic E-state index is 0.304. The van der Waals surface area contributed by atoms with E-state index in [0.29, 0.717) is 21.8 Å². The fourth-order valence-electron chi connectivity index (χ4n) is 3.68. The molecule has 0 aliphatic carbocycles. The van der Waals surface area contributed by atoms with Crippen LogP contribution >= 0.6 is 0 Å². The Hall–Kier alpha value is -0.860. The van der Waals surface area contributed by atoms with Crippen LogP contribution in [0.25, 0.3) is 0 Å². The summed E-state index contributed by atoms with van der Waals surface area (Å²) in [5.74, 6) is 0. The summed E-state index contributed by atoms with van der Waals surface area (Å²) in [6, 6.07) is 18.5. The Morgan fingerprint density at radius 3 is 1.20 bits per heavy atom. The molecule has 0 nitrogen and oxygen atoms in total. The van der Waals surface area contributed by atoms with Gasteiger partial charge in [-0.3, -0.25) is 0 Å². The third-order valence-corrected chi connectivity index (χ3v) is 10.8. The molecule has 2 atom stereocenters. The van der Waals surface area contributed by atoms with Crippen molar-refractivity contribution in [1.82, 2.24) is 0 Å². The van der Waals surface area contributed by atoms with E-state index in [1.54, 1.807) is 19.6 Å². The van der Waals surface area contributed by atoms with Gasteiger partial charge >= 0.3 is 0 Å². The molecule has 3 heterocycles. The van der Waals surface area contributed by atoms with Gasteiger partial charge in [0.2, 0.25) is 19.6 Å². The average molecular weight is 300 g/mol. The van der Waals surface area contributed by atoms with Crippen LogP contribution in [0.4, 0.5) is 0 Å². The summed E-state index contributed by atoms with van der Waals surface area (Å²) in [5, 5.41) is 1.71. The summed E-state index contributed by atoms with van der Waals surface area (Å²) in [6.45, 7) is 4.77. The fourth-order valence-corrected chi connectivity index (χ4v) is 10.9. The average Bonchev–Trinajstić information content (AvgIpc) is 2.53. The van der Waals surface area contributed by atoms with Crippen LogP contribution in [0.2, 0.25) is 0 Å². The third-order valence-electron chi connectivity index (χ3n) is 4.47. The molecular weight excluding hydrogens is 280 g/mol. The van der Waals surface area contributed by atoms with Crippen molar-refractivity contribution in [3.8, 4) is 0 Å². The first kappa shape index (κ1) is 12.8. The van der Waals surface area contributed by atoms with Crippen LogP contribution in [0.15, 0.2) is 68.1 Å². The number of fused-ring (bicyclic) bond motifs is 1. The van der Waals surface area contributed by atoms with Crippen molar-refractivity contribution < 1.29 is 0 Å². The van der Waals surface area contributed by atoms with Gasteiger partial charge in [-0.2, -0.15) is 0 Å². The van der Waals surface area contributed by atoms with Crippen molar-refractivity contribution in [2.75, 3.05) is 0 Å². The Morgan fingerprint density at radius 2 is 0.950 bits per heavy atom. The Balaban J connectivity index is 2.01. The van der Waals surface area contributed by atoms with Gasteiger partial charge in [0.15, 0.2) is 10.5 Å². The second-order valence-electron chi connectivity index (χ2n) is 5.46. The molecule has 0 spiro atoms. The van der Waals surface area contributed by atoms with Gasteiger partial charge in [-0.1, -0.05) is 38.1 Å². The highest BCUT2D eigenvalue weighted by Crippen LogP contribution is 2.53. The highest BCUT2D eigenvalue weighted by atomic mass is 32.2. The van der Waals surface area contributed by atoms with Crippen molar-refractivity contribution in [1.29, 1.82) is 0 Å². The van der Waals surface area contributed by atoms with Gasteiger partial charge in [-0.15, -0.1) is 0 Å². The lowest BCUT2D eigenvalue weighted by atomic mass is 10.2. The minimum atomic E-state index is 0.304. The van der Waals surface area contributed by atoms with E-state index >= 15 is 0 Å². The Kier molecular flexibility index (Phi) is 3.12. The molecule has 0 saturated heterocycles. The summed E-state index contributed by atoms with van der Waals surface area (Å²) in [5.41, 5.74) is 0. The molecule has 2 aromatic rings. The largest absolute Gasteiger partial charge is 0.216 e. The molecule has 0 unspecified atom stereocenters. The van der Waals surface area contributed by atoms with E-state index in [2.05, 4.69) is 62.4 Å². The molecule has 0 fully saturated rings.